The zero-order valence-corrected chi connectivity index (χ0v) is 8.49. The third-order valence-corrected chi connectivity index (χ3v) is 3.09. The smallest absolute Gasteiger partial charge is 0.436 e. The van der Waals surface area contributed by atoms with Crippen LogP contribution in [0.25, 0.3) is 0 Å². The number of nitrogens with zero attached hydrogens (tertiary/aromatic N) is 1. The molecule has 1 aliphatic rings. The van der Waals surface area contributed by atoms with Gasteiger partial charge in [0.05, 0.1) is 12.2 Å². The lowest BCUT2D eigenvalue weighted by molar-refractivity contribution is -0.157. The highest BCUT2D eigenvalue weighted by Gasteiger charge is 2.37. The van der Waals surface area contributed by atoms with Gasteiger partial charge >= 0.3 is 12.1 Å². The van der Waals surface area contributed by atoms with Gasteiger partial charge in [0.15, 0.2) is 0 Å². The molecular weight excluding hydrogens is 229 g/mol. The Labute approximate surface area is 88.4 Å². The Balaban J connectivity index is 2.12. The monoisotopic (exact) mass is 238 g/mol. The second-order valence-electron chi connectivity index (χ2n) is 3.15. The van der Waals surface area contributed by atoms with Gasteiger partial charge in [-0.2, -0.15) is 24.9 Å². The molecule has 1 aromatic heterocycles. The SMILES string of the molecule is FC(F)(F)c1ncc(C2CSCCN2)o1. The molecule has 2 heterocycles. The Morgan fingerprint density at radius 3 is 2.87 bits per heavy atom. The van der Waals surface area contributed by atoms with Crippen LogP contribution >= 0.6 is 11.8 Å². The molecule has 1 saturated heterocycles. The summed E-state index contributed by atoms with van der Waals surface area (Å²) >= 11 is 1.68. The van der Waals surface area contributed by atoms with Crippen molar-refractivity contribution < 1.29 is 17.6 Å². The summed E-state index contributed by atoms with van der Waals surface area (Å²) in [5, 5.41) is 3.08. The minimum atomic E-state index is -4.50. The molecule has 1 unspecified atom stereocenters. The molecule has 84 valence electrons. The second kappa shape index (κ2) is 4.05. The molecule has 0 radical (unpaired) electrons. The average Bonchev–Trinajstić information content (AvgIpc) is 2.67. The molecule has 15 heavy (non-hydrogen) atoms. The van der Waals surface area contributed by atoms with Gasteiger partial charge in [-0.25, -0.2) is 4.98 Å². The number of hydrogen-bond donors (Lipinski definition) is 1. The highest BCUT2D eigenvalue weighted by atomic mass is 32.2. The average molecular weight is 238 g/mol. The molecule has 2 rings (SSSR count). The third kappa shape index (κ3) is 2.46. The molecule has 0 amide bonds. The van der Waals surface area contributed by atoms with Crippen LogP contribution in [0.2, 0.25) is 0 Å². The van der Waals surface area contributed by atoms with Crippen molar-refractivity contribution in [3.63, 3.8) is 0 Å². The van der Waals surface area contributed by atoms with Crippen LogP contribution in [0.3, 0.4) is 0 Å². The quantitative estimate of drug-likeness (QED) is 0.812. The number of aromatic nitrogens is 1. The van der Waals surface area contributed by atoms with Crippen molar-refractivity contribution in [2.75, 3.05) is 18.1 Å². The minimum absolute atomic E-state index is 0.160. The maximum atomic E-state index is 12.2. The van der Waals surface area contributed by atoms with Crippen molar-refractivity contribution in [1.82, 2.24) is 10.3 Å². The molecule has 0 aliphatic carbocycles. The first kappa shape index (κ1) is 10.8. The number of oxazole rings is 1. The Morgan fingerprint density at radius 2 is 2.33 bits per heavy atom. The molecular formula is C8H9F3N2OS. The first-order valence-electron chi connectivity index (χ1n) is 4.41. The van der Waals surface area contributed by atoms with Gasteiger partial charge in [-0.15, -0.1) is 0 Å². The number of hydrogen-bond acceptors (Lipinski definition) is 4. The predicted octanol–water partition coefficient (Wildman–Crippen LogP) is 2.07. The Morgan fingerprint density at radius 1 is 1.53 bits per heavy atom. The van der Waals surface area contributed by atoms with E-state index in [2.05, 4.69) is 14.7 Å². The van der Waals surface area contributed by atoms with Crippen LogP contribution in [-0.2, 0) is 6.18 Å². The van der Waals surface area contributed by atoms with E-state index in [-0.39, 0.29) is 11.8 Å². The van der Waals surface area contributed by atoms with E-state index < -0.39 is 12.1 Å². The topological polar surface area (TPSA) is 38.1 Å². The number of rotatable bonds is 1. The fourth-order valence-electron chi connectivity index (χ4n) is 1.33. The van der Waals surface area contributed by atoms with Crippen LogP contribution in [0, 0.1) is 0 Å². The second-order valence-corrected chi connectivity index (χ2v) is 4.30. The molecule has 0 bridgehead atoms. The van der Waals surface area contributed by atoms with E-state index in [4.69, 9.17) is 0 Å². The van der Waals surface area contributed by atoms with E-state index in [1.807, 2.05) is 0 Å². The minimum Gasteiger partial charge on any atom is -0.436 e. The van der Waals surface area contributed by atoms with Crippen molar-refractivity contribution in [2.45, 2.75) is 12.2 Å². The lowest BCUT2D eigenvalue weighted by Gasteiger charge is -2.20. The molecule has 7 heteroatoms. The standard InChI is InChI=1S/C8H9F3N2OS/c9-8(10,11)7-13-3-6(14-7)5-4-15-2-1-12-5/h3,5,12H,1-2,4H2. The zero-order chi connectivity index (χ0) is 10.9. The summed E-state index contributed by atoms with van der Waals surface area (Å²) in [5.41, 5.74) is 0. The van der Waals surface area contributed by atoms with E-state index in [9.17, 15) is 13.2 Å². The van der Waals surface area contributed by atoms with Crippen molar-refractivity contribution in [3.05, 3.63) is 17.8 Å². The van der Waals surface area contributed by atoms with E-state index in [0.717, 1.165) is 18.5 Å². The number of alkyl halides is 3. The van der Waals surface area contributed by atoms with Crippen LogP contribution < -0.4 is 5.32 Å². The van der Waals surface area contributed by atoms with Gasteiger partial charge in [0, 0.05) is 18.1 Å². The summed E-state index contributed by atoms with van der Waals surface area (Å²) in [4.78, 5) is 3.22. The summed E-state index contributed by atoms with van der Waals surface area (Å²) in [6.07, 6.45) is -3.35. The van der Waals surface area contributed by atoms with E-state index in [1.54, 1.807) is 11.8 Å². The Bertz CT molecular complexity index is 333. The Hall–Kier alpha value is -0.690. The van der Waals surface area contributed by atoms with Crippen molar-refractivity contribution in [3.8, 4) is 0 Å². The number of nitrogens with one attached hydrogen (secondary N) is 1. The fraction of sp³-hybridized carbons (Fsp3) is 0.625. The summed E-state index contributed by atoms with van der Waals surface area (Å²) in [7, 11) is 0. The molecule has 0 aromatic carbocycles. The molecule has 1 aliphatic heterocycles. The normalized spacial score (nSPS) is 23.0. The summed E-state index contributed by atoms with van der Waals surface area (Å²) in [6, 6.07) is -0.160. The van der Waals surface area contributed by atoms with Crippen molar-refractivity contribution >= 4 is 11.8 Å². The van der Waals surface area contributed by atoms with E-state index in [1.165, 1.54) is 0 Å². The third-order valence-electron chi connectivity index (χ3n) is 2.03. The van der Waals surface area contributed by atoms with Crippen molar-refractivity contribution in [2.24, 2.45) is 0 Å². The van der Waals surface area contributed by atoms with Gasteiger partial charge in [-0.1, -0.05) is 0 Å². The highest BCUT2D eigenvalue weighted by Crippen LogP contribution is 2.31. The largest absolute Gasteiger partial charge is 0.468 e. The van der Waals surface area contributed by atoms with E-state index >= 15 is 0 Å². The van der Waals surface area contributed by atoms with Crippen LogP contribution in [0.5, 0.6) is 0 Å². The summed E-state index contributed by atoms with van der Waals surface area (Å²) < 4.78 is 41.2. The zero-order valence-electron chi connectivity index (χ0n) is 7.67. The maximum Gasteiger partial charge on any atom is 0.468 e. The lowest BCUT2D eigenvalue weighted by Crippen LogP contribution is -2.29. The van der Waals surface area contributed by atoms with Crippen LogP contribution in [-0.4, -0.2) is 23.0 Å². The van der Waals surface area contributed by atoms with Gasteiger partial charge in [-0.05, 0) is 0 Å². The number of halogens is 3. The van der Waals surface area contributed by atoms with Crippen LogP contribution in [0.4, 0.5) is 13.2 Å². The first-order chi connectivity index (χ1) is 7.07. The molecule has 1 aromatic rings. The molecule has 0 saturated carbocycles. The summed E-state index contributed by atoms with van der Waals surface area (Å²) in [5.74, 6) is 0.771. The summed E-state index contributed by atoms with van der Waals surface area (Å²) in [6.45, 7) is 0.775. The van der Waals surface area contributed by atoms with Crippen LogP contribution in [0.1, 0.15) is 17.7 Å². The van der Waals surface area contributed by atoms with Gasteiger partial charge < -0.3 is 9.73 Å². The molecule has 3 nitrogen and oxygen atoms in total. The van der Waals surface area contributed by atoms with Gasteiger partial charge in [-0.3, -0.25) is 0 Å². The molecule has 1 N–H and O–H groups in total. The lowest BCUT2D eigenvalue weighted by atomic mass is 10.3. The predicted molar refractivity (Wildman–Crippen MR) is 49.6 cm³/mol. The molecule has 1 atom stereocenters. The molecule has 0 spiro atoms. The fourth-order valence-corrected chi connectivity index (χ4v) is 2.27. The van der Waals surface area contributed by atoms with E-state index in [0.29, 0.717) is 5.75 Å². The Kier molecular flexibility index (Phi) is 2.92. The highest BCUT2D eigenvalue weighted by molar-refractivity contribution is 7.99. The molecule has 1 fully saturated rings. The maximum absolute atomic E-state index is 12.2. The first-order valence-corrected chi connectivity index (χ1v) is 5.57. The van der Waals surface area contributed by atoms with Gasteiger partial charge in [0.1, 0.15) is 5.76 Å². The van der Waals surface area contributed by atoms with Gasteiger partial charge in [0.2, 0.25) is 0 Å². The van der Waals surface area contributed by atoms with Crippen molar-refractivity contribution in [1.29, 1.82) is 0 Å². The van der Waals surface area contributed by atoms with Gasteiger partial charge in [0.25, 0.3) is 0 Å². The van der Waals surface area contributed by atoms with Crippen LogP contribution in [0.15, 0.2) is 10.6 Å². The number of thioether (sulfide) groups is 1.